The highest BCUT2D eigenvalue weighted by Crippen LogP contribution is 2.23. The molecule has 0 saturated heterocycles. The van der Waals surface area contributed by atoms with Crippen LogP contribution in [0.4, 0.5) is 0 Å². The van der Waals surface area contributed by atoms with Crippen LogP contribution in [0.15, 0.2) is 47.6 Å². The molecule has 140 valence electrons. The lowest BCUT2D eigenvalue weighted by Gasteiger charge is -2.12. The highest BCUT2D eigenvalue weighted by atomic mass is 35.5. The topological polar surface area (TPSA) is 59.8 Å². The average molecular weight is 421 g/mol. The van der Waals surface area contributed by atoms with Gasteiger partial charge in [0.05, 0.1) is 17.1 Å². The van der Waals surface area contributed by atoms with Crippen molar-refractivity contribution in [2.24, 2.45) is 0 Å². The van der Waals surface area contributed by atoms with Crippen molar-refractivity contribution in [3.8, 4) is 5.69 Å². The average Bonchev–Trinajstić information content (AvgIpc) is 3.04. The number of hydrogen-bond acceptors (Lipinski definition) is 4. The van der Waals surface area contributed by atoms with Gasteiger partial charge in [-0.2, -0.15) is 0 Å². The maximum atomic E-state index is 12.5. The summed E-state index contributed by atoms with van der Waals surface area (Å²) in [4.78, 5) is 12.5. The molecule has 3 rings (SSSR count). The van der Waals surface area contributed by atoms with Crippen LogP contribution in [0.5, 0.6) is 0 Å². The van der Waals surface area contributed by atoms with E-state index in [1.54, 1.807) is 30.0 Å². The first-order valence-corrected chi connectivity index (χ1v) is 10.1. The molecule has 0 fully saturated rings. The van der Waals surface area contributed by atoms with Gasteiger partial charge in [-0.1, -0.05) is 54.0 Å². The fraction of sp³-hybridized carbons (Fsp3) is 0.211. The van der Waals surface area contributed by atoms with Gasteiger partial charge in [-0.25, -0.2) is 0 Å². The highest BCUT2D eigenvalue weighted by molar-refractivity contribution is 7.99. The molecule has 0 aliphatic carbocycles. The van der Waals surface area contributed by atoms with Crippen LogP contribution in [0.25, 0.3) is 5.69 Å². The molecular formula is C19H18Cl2N4OS. The number of thioether (sulfide) groups is 1. The second kappa shape index (κ2) is 8.78. The number of carbonyl (C=O) groups excluding carboxylic acids is 1. The summed E-state index contributed by atoms with van der Waals surface area (Å²) in [6, 6.07) is 12.9. The number of hydrogen-bond donors (Lipinski definition) is 1. The standard InChI is InChI=1S/C19H18Cl2N4OS/c1-3-27-19-24-23-17(25(19)14-6-4-5-12(2)9-14)11-22-18(26)15-10-13(20)7-8-16(15)21/h4-10H,3,11H2,1-2H3,(H,22,26). The van der Waals surface area contributed by atoms with Gasteiger partial charge in [0.25, 0.3) is 5.91 Å². The predicted molar refractivity (Wildman–Crippen MR) is 110 cm³/mol. The maximum Gasteiger partial charge on any atom is 0.253 e. The lowest BCUT2D eigenvalue weighted by molar-refractivity contribution is 0.0950. The molecule has 1 N–H and O–H groups in total. The molecule has 3 aromatic rings. The minimum atomic E-state index is -0.314. The lowest BCUT2D eigenvalue weighted by atomic mass is 10.2. The van der Waals surface area contributed by atoms with Crippen LogP contribution < -0.4 is 5.32 Å². The number of aryl methyl sites for hydroxylation is 1. The Bertz CT molecular complexity index is 974. The van der Waals surface area contributed by atoms with Gasteiger partial charge in [-0.3, -0.25) is 9.36 Å². The van der Waals surface area contributed by atoms with E-state index in [1.807, 2.05) is 29.7 Å². The predicted octanol–water partition coefficient (Wildman–Crippen LogP) is 4.92. The summed E-state index contributed by atoms with van der Waals surface area (Å²) >= 11 is 13.7. The van der Waals surface area contributed by atoms with E-state index in [2.05, 4.69) is 28.5 Å². The van der Waals surface area contributed by atoms with Crippen molar-refractivity contribution < 1.29 is 4.79 Å². The van der Waals surface area contributed by atoms with Gasteiger partial charge in [0.15, 0.2) is 11.0 Å². The first-order valence-electron chi connectivity index (χ1n) is 8.37. The summed E-state index contributed by atoms with van der Waals surface area (Å²) in [7, 11) is 0. The Balaban J connectivity index is 1.87. The second-order valence-electron chi connectivity index (χ2n) is 5.81. The van der Waals surface area contributed by atoms with Crippen molar-refractivity contribution in [2.75, 3.05) is 5.75 Å². The monoisotopic (exact) mass is 420 g/mol. The SMILES string of the molecule is CCSc1nnc(CNC(=O)c2cc(Cl)ccc2Cl)n1-c1cccc(C)c1. The molecule has 0 aliphatic rings. The fourth-order valence-electron chi connectivity index (χ4n) is 2.59. The molecule has 1 amide bonds. The van der Waals surface area contributed by atoms with Crippen LogP contribution in [0, 0.1) is 6.92 Å². The van der Waals surface area contributed by atoms with E-state index in [0.29, 0.717) is 21.4 Å². The summed E-state index contributed by atoms with van der Waals surface area (Å²) in [6.45, 7) is 4.30. The molecule has 0 bridgehead atoms. The molecule has 0 aliphatic heterocycles. The van der Waals surface area contributed by atoms with Gasteiger partial charge in [0.1, 0.15) is 0 Å². The number of amides is 1. The second-order valence-corrected chi connectivity index (χ2v) is 7.89. The molecule has 27 heavy (non-hydrogen) atoms. The Morgan fingerprint density at radius 1 is 1.19 bits per heavy atom. The Hall–Kier alpha value is -2.02. The molecule has 5 nitrogen and oxygen atoms in total. The van der Waals surface area contributed by atoms with Crippen LogP contribution in [0.2, 0.25) is 10.0 Å². The zero-order valence-electron chi connectivity index (χ0n) is 14.9. The van der Waals surface area contributed by atoms with Gasteiger partial charge in [0, 0.05) is 10.7 Å². The van der Waals surface area contributed by atoms with E-state index < -0.39 is 0 Å². The quantitative estimate of drug-likeness (QED) is 0.574. The molecule has 1 aromatic heterocycles. The minimum absolute atomic E-state index is 0.215. The van der Waals surface area contributed by atoms with Crippen LogP contribution in [0.1, 0.15) is 28.7 Å². The first-order chi connectivity index (χ1) is 13.0. The number of nitrogens with zero attached hydrogens (tertiary/aromatic N) is 3. The van der Waals surface area contributed by atoms with E-state index >= 15 is 0 Å². The van der Waals surface area contributed by atoms with Gasteiger partial charge >= 0.3 is 0 Å². The minimum Gasteiger partial charge on any atom is -0.345 e. The van der Waals surface area contributed by atoms with Gasteiger partial charge in [0.2, 0.25) is 0 Å². The van der Waals surface area contributed by atoms with Crippen molar-refractivity contribution in [2.45, 2.75) is 25.5 Å². The number of carbonyl (C=O) groups is 1. The van der Waals surface area contributed by atoms with Gasteiger partial charge in [-0.15, -0.1) is 10.2 Å². The Kier molecular flexibility index (Phi) is 6.42. The smallest absolute Gasteiger partial charge is 0.253 e. The third-order valence-electron chi connectivity index (χ3n) is 3.81. The molecule has 0 saturated carbocycles. The molecule has 1 heterocycles. The molecule has 0 unspecified atom stereocenters. The normalized spacial score (nSPS) is 10.8. The van der Waals surface area contributed by atoms with Gasteiger partial charge in [-0.05, 0) is 48.6 Å². The van der Waals surface area contributed by atoms with Crippen LogP contribution >= 0.6 is 35.0 Å². The maximum absolute atomic E-state index is 12.5. The van der Waals surface area contributed by atoms with E-state index in [9.17, 15) is 4.79 Å². The number of benzene rings is 2. The van der Waals surface area contributed by atoms with Crippen LogP contribution in [-0.2, 0) is 6.54 Å². The lowest BCUT2D eigenvalue weighted by Crippen LogP contribution is -2.25. The van der Waals surface area contributed by atoms with Crippen molar-refractivity contribution in [1.82, 2.24) is 20.1 Å². The fourth-order valence-corrected chi connectivity index (χ4v) is 3.66. The zero-order valence-corrected chi connectivity index (χ0v) is 17.2. The molecule has 0 spiro atoms. The Morgan fingerprint density at radius 3 is 2.74 bits per heavy atom. The molecule has 8 heteroatoms. The largest absolute Gasteiger partial charge is 0.345 e. The number of aromatic nitrogens is 3. The molecular weight excluding hydrogens is 403 g/mol. The molecule has 0 radical (unpaired) electrons. The number of rotatable bonds is 6. The Morgan fingerprint density at radius 2 is 2.00 bits per heavy atom. The summed E-state index contributed by atoms with van der Waals surface area (Å²) in [6.07, 6.45) is 0. The zero-order chi connectivity index (χ0) is 19.4. The van der Waals surface area contributed by atoms with Crippen molar-refractivity contribution in [1.29, 1.82) is 0 Å². The highest BCUT2D eigenvalue weighted by Gasteiger charge is 2.16. The van der Waals surface area contributed by atoms with Crippen molar-refractivity contribution in [3.63, 3.8) is 0 Å². The summed E-state index contributed by atoms with van der Waals surface area (Å²) in [5.74, 6) is 1.20. The Labute approximate surface area is 172 Å². The number of nitrogens with one attached hydrogen (secondary N) is 1. The van der Waals surface area contributed by atoms with E-state index in [0.717, 1.165) is 22.2 Å². The van der Waals surface area contributed by atoms with Crippen LogP contribution in [-0.4, -0.2) is 26.4 Å². The molecule has 2 aromatic carbocycles. The van der Waals surface area contributed by atoms with E-state index in [1.165, 1.54) is 0 Å². The van der Waals surface area contributed by atoms with Gasteiger partial charge < -0.3 is 5.32 Å². The number of halogens is 2. The summed E-state index contributed by atoms with van der Waals surface area (Å²) in [5, 5.41) is 13.0. The summed E-state index contributed by atoms with van der Waals surface area (Å²) in [5.41, 5.74) is 2.42. The summed E-state index contributed by atoms with van der Waals surface area (Å²) < 4.78 is 1.96. The van der Waals surface area contributed by atoms with Crippen LogP contribution in [0.3, 0.4) is 0 Å². The van der Waals surface area contributed by atoms with Crippen molar-refractivity contribution in [3.05, 3.63) is 69.5 Å². The third kappa shape index (κ3) is 4.64. The van der Waals surface area contributed by atoms with Crippen molar-refractivity contribution >= 4 is 40.9 Å². The third-order valence-corrected chi connectivity index (χ3v) is 5.19. The van der Waals surface area contributed by atoms with E-state index in [4.69, 9.17) is 23.2 Å². The van der Waals surface area contributed by atoms with E-state index in [-0.39, 0.29) is 12.5 Å². The first kappa shape index (κ1) is 19.7. The molecule has 0 atom stereocenters.